The molecule has 19 heteroatoms. The molecule has 0 amide bonds. The van der Waals surface area contributed by atoms with Gasteiger partial charge in [-0.25, -0.2) is 9.97 Å². The van der Waals surface area contributed by atoms with Gasteiger partial charge in [0.1, 0.15) is 24.4 Å². The number of anilines is 2. The third-order valence-corrected chi connectivity index (χ3v) is 6.86. The molecule has 0 spiro atoms. The van der Waals surface area contributed by atoms with Gasteiger partial charge in [-0.2, -0.15) is 9.97 Å². The standard InChI is InChI=1S/2C10H13N5O4.H2O/c2*11-10-13-8-5(9(19)14-10)12-2-15(8)3-1-4(16)7(18)6(3)17;/h2*2-4,6-7,16-18H,1H2,(H3,11,13,14,19);1H2. The van der Waals surface area contributed by atoms with Crippen LogP contribution >= 0.6 is 0 Å². The second kappa shape index (κ2) is 10.3. The highest BCUT2D eigenvalue weighted by atomic mass is 16.4. The van der Waals surface area contributed by atoms with Crippen LogP contribution in [-0.2, 0) is 0 Å². The third kappa shape index (κ3) is 4.71. The predicted octanol–water partition coefficient (Wildman–Crippen LogP) is -5.37. The number of hydrogen-bond acceptors (Lipinski definition) is 14. The van der Waals surface area contributed by atoms with Crippen LogP contribution in [0.25, 0.3) is 22.3 Å². The summed E-state index contributed by atoms with van der Waals surface area (Å²) in [4.78, 5) is 43.7. The van der Waals surface area contributed by atoms with Crippen molar-refractivity contribution >= 4 is 34.2 Å². The average molecular weight is 553 g/mol. The molecule has 0 radical (unpaired) electrons. The number of H-pyrrole nitrogens is 2. The van der Waals surface area contributed by atoms with E-state index in [1.807, 2.05) is 0 Å². The van der Waals surface area contributed by atoms with Crippen molar-refractivity contribution in [1.82, 2.24) is 39.0 Å². The SMILES string of the molecule is Nc1nc2c(ncn2C2CC(O)C(O)C2O)c(=O)[nH]1.Nc1nc2c(ncn2C2CC(O)C(O)C2O)c(=O)[nH]1.O. The van der Waals surface area contributed by atoms with Gasteiger partial charge in [0.25, 0.3) is 11.1 Å². The number of nitrogens with two attached hydrogens (primary N) is 2. The number of aliphatic hydroxyl groups excluding tert-OH is 6. The summed E-state index contributed by atoms with van der Waals surface area (Å²) in [5.41, 5.74) is 10.6. The molecule has 212 valence electrons. The fourth-order valence-electron chi connectivity index (χ4n) is 4.89. The number of fused-ring (bicyclic) bond motifs is 2. The van der Waals surface area contributed by atoms with E-state index in [0.717, 1.165) is 0 Å². The molecule has 8 atom stereocenters. The monoisotopic (exact) mass is 552 g/mol. The Morgan fingerprint density at radius 2 is 1.05 bits per heavy atom. The summed E-state index contributed by atoms with van der Waals surface area (Å²) in [6.45, 7) is 0. The molecule has 39 heavy (non-hydrogen) atoms. The summed E-state index contributed by atoms with van der Waals surface area (Å²) in [5.74, 6) is -0.124. The zero-order valence-corrected chi connectivity index (χ0v) is 20.0. The minimum absolute atomic E-state index is 0. The summed E-state index contributed by atoms with van der Waals surface area (Å²) < 4.78 is 2.90. The van der Waals surface area contributed by atoms with Crippen molar-refractivity contribution in [2.24, 2.45) is 0 Å². The maximum atomic E-state index is 11.6. The minimum atomic E-state index is -1.23. The first-order valence-corrected chi connectivity index (χ1v) is 11.5. The van der Waals surface area contributed by atoms with Crippen molar-refractivity contribution in [1.29, 1.82) is 0 Å². The number of nitrogens with zero attached hydrogens (tertiary/aromatic N) is 6. The van der Waals surface area contributed by atoms with Gasteiger partial charge >= 0.3 is 0 Å². The van der Waals surface area contributed by atoms with Gasteiger partial charge in [-0.15, -0.1) is 0 Å². The zero-order valence-electron chi connectivity index (χ0n) is 20.0. The highest BCUT2D eigenvalue weighted by Crippen LogP contribution is 2.33. The first-order chi connectivity index (χ1) is 18.0. The summed E-state index contributed by atoms with van der Waals surface area (Å²) in [6.07, 6.45) is -3.89. The first kappa shape index (κ1) is 28.0. The molecule has 0 bridgehead atoms. The van der Waals surface area contributed by atoms with Gasteiger partial charge in [0.05, 0.1) is 36.9 Å². The molecule has 8 unspecified atom stereocenters. The first-order valence-electron chi connectivity index (χ1n) is 11.5. The Balaban J connectivity index is 0.000000176. The Morgan fingerprint density at radius 3 is 1.36 bits per heavy atom. The Bertz CT molecular complexity index is 1480. The maximum absolute atomic E-state index is 11.6. The van der Waals surface area contributed by atoms with E-state index >= 15 is 0 Å². The molecule has 0 aliphatic heterocycles. The number of nitrogen functional groups attached to an aromatic ring is 2. The Morgan fingerprint density at radius 1 is 0.692 bits per heavy atom. The molecule has 6 rings (SSSR count). The summed E-state index contributed by atoms with van der Waals surface area (Å²) in [6, 6.07) is -1.22. The van der Waals surface area contributed by atoms with E-state index < -0.39 is 59.8 Å². The molecule has 2 saturated carbocycles. The number of imidazole rings is 2. The van der Waals surface area contributed by atoms with E-state index in [1.165, 1.54) is 21.8 Å². The number of aromatic nitrogens is 8. The van der Waals surface area contributed by atoms with E-state index in [2.05, 4.69) is 29.9 Å². The summed E-state index contributed by atoms with van der Waals surface area (Å²) in [5, 5.41) is 58.1. The average Bonchev–Trinajstić information content (AvgIpc) is 3.59. The van der Waals surface area contributed by atoms with E-state index in [9.17, 15) is 40.2 Å². The molecular formula is C20H28N10O9. The second-order valence-electron chi connectivity index (χ2n) is 9.25. The van der Waals surface area contributed by atoms with Crippen LogP contribution in [0.2, 0.25) is 0 Å². The molecule has 2 fully saturated rings. The molecule has 19 nitrogen and oxygen atoms in total. The lowest BCUT2D eigenvalue weighted by Crippen LogP contribution is -2.31. The minimum Gasteiger partial charge on any atom is -0.412 e. The van der Waals surface area contributed by atoms with Crippen molar-refractivity contribution < 1.29 is 36.1 Å². The predicted molar refractivity (Wildman–Crippen MR) is 132 cm³/mol. The van der Waals surface area contributed by atoms with Gasteiger partial charge in [-0.05, 0) is 12.8 Å². The number of aromatic amines is 2. The van der Waals surface area contributed by atoms with Crippen LogP contribution in [0, 0.1) is 0 Å². The molecule has 0 aromatic carbocycles. The van der Waals surface area contributed by atoms with E-state index in [-0.39, 0.29) is 52.5 Å². The third-order valence-electron chi connectivity index (χ3n) is 6.86. The second-order valence-corrected chi connectivity index (χ2v) is 9.25. The highest BCUT2D eigenvalue weighted by molar-refractivity contribution is 5.71. The number of rotatable bonds is 2. The van der Waals surface area contributed by atoms with Gasteiger partial charge in [-0.3, -0.25) is 19.6 Å². The molecular weight excluding hydrogens is 524 g/mol. The fourth-order valence-corrected chi connectivity index (χ4v) is 4.89. The van der Waals surface area contributed by atoms with Gasteiger partial charge in [-0.1, -0.05) is 0 Å². The van der Waals surface area contributed by atoms with Crippen molar-refractivity contribution in [2.75, 3.05) is 11.5 Å². The Hall–Kier alpha value is -3.98. The number of aliphatic hydroxyl groups is 6. The van der Waals surface area contributed by atoms with Crippen LogP contribution in [0.5, 0.6) is 0 Å². The smallest absolute Gasteiger partial charge is 0.280 e. The zero-order chi connectivity index (χ0) is 27.5. The van der Waals surface area contributed by atoms with Crippen LogP contribution in [0.4, 0.5) is 11.9 Å². The van der Waals surface area contributed by atoms with Gasteiger partial charge in [0.2, 0.25) is 11.9 Å². The van der Waals surface area contributed by atoms with Gasteiger partial charge in [0, 0.05) is 0 Å². The lowest BCUT2D eigenvalue weighted by Gasteiger charge is -2.17. The van der Waals surface area contributed by atoms with Crippen LogP contribution in [0.15, 0.2) is 22.2 Å². The molecule has 4 aromatic rings. The van der Waals surface area contributed by atoms with Crippen molar-refractivity contribution in [3.8, 4) is 0 Å². The Kier molecular flexibility index (Phi) is 7.40. The fraction of sp³-hybridized carbons (Fsp3) is 0.500. The van der Waals surface area contributed by atoms with Gasteiger partial charge < -0.3 is 56.7 Å². The summed E-state index contributed by atoms with van der Waals surface area (Å²) in [7, 11) is 0. The Labute approximate surface area is 216 Å². The van der Waals surface area contributed by atoms with Crippen molar-refractivity contribution in [2.45, 2.75) is 61.5 Å². The normalized spacial score (nSPS) is 30.3. The van der Waals surface area contributed by atoms with Crippen LogP contribution in [0.1, 0.15) is 24.9 Å². The van der Waals surface area contributed by atoms with E-state index in [4.69, 9.17) is 11.5 Å². The lowest BCUT2D eigenvalue weighted by atomic mass is 10.2. The topological polar surface area (TPSA) is 332 Å². The van der Waals surface area contributed by atoms with Crippen LogP contribution in [0.3, 0.4) is 0 Å². The molecule has 2 aliphatic carbocycles. The van der Waals surface area contributed by atoms with E-state index in [1.54, 1.807) is 0 Å². The highest BCUT2D eigenvalue weighted by Gasteiger charge is 2.43. The van der Waals surface area contributed by atoms with Crippen molar-refractivity contribution in [3.63, 3.8) is 0 Å². The van der Waals surface area contributed by atoms with Crippen LogP contribution in [-0.4, -0.2) is 112 Å². The summed E-state index contributed by atoms with van der Waals surface area (Å²) >= 11 is 0. The largest absolute Gasteiger partial charge is 0.412 e. The van der Waals surface area contributed by atoms with Gasteiger partial charge in [0.15, 0.2) is 22.3 Å². The number of hydrogen-bond donors (Lipinski definition) is 10. The quantitative estimate of drug-likeness (QED) is 0.111. The molecule has 4 heterocycles. The van der Waals surface area contributed by atoms with Crippen LogP contribution < -0.4 is 22.6 Å². The maximum Gasteiger partial charge on any atom is 0.280 e. The lowest BCUT2D eigenvalue weighted by molar-refractivity contribution is -0.0245. The molecule has 0 saturated heterocycles. The molecule has 14 N–H and O–H groups in total. The molecule has 2 aliphatic rings. The number of nitrogens with one attached hydrogen (secondary N) is 2. The van der Waals surface area contributed by atoms with E-state index in [0.29, 0.717) is 0 Å². The molecule has 4 aromatic heterocycles. The van der Waals surface area contributed by atoms with Crippen molar-refractivity contribution in [3.05, 3.63) is 33.4 Å².